The first kappa shape index (κ1) is 19.0. The molecule has 3 aromatic carbocycles. The maximum atomic E-state index is 13.7. The van der Waals surface area contributed by atoms with Gasteiger partial charge in [0, 0.05) is 35.3 Å². The Bertz CT molecular complexity index is 1350. The van der Waals surface area contributed by atoms with Crippen molar-refractivity contribution in [1.29, 1.82) is 0 Å². The Balaban J connectivity index is 1.62. The Labute approximate surface area is 178 Å². The van der Waals surface area contributed by atoms with E-state index in [2.05, 4.69) is 29.6 Å². The van der Waals surface area contributed by atoms with Gasteiger partial charge in [-0.25, -0.2) is 4.39 Å². The van der Waals surface area contributed by atoms with Gasteiger partial charge in [0.25, 0.3) is 11.8 Å². The number of imide groups is 1. The third-order valence-electron chi connectivity index (χ3n) is 5.49. The first-order chi connectivity index (χ1) is 15.1. The van der Waals surface area contributed by atoms with E-state index in [1.54, 1.807) is 6.07 Å². The predicted octanol–water partition coefficient (Wildman–Crippen LogP) is 4.46. The van der Waals surface area contributed by atoms with E-state index in [-0.39, 0.29) is 5.82 Å². The number of nitrogens with one attached hydrogen (secondary N) is 1. The number of aromatic nitrogens is 1. The smallest absolute Gasteiger partial charge is 0.258 e. The lowest BCUT2D eigenvalue weighted by molar-refractivity contribution is -0.123. The van der Waals surface area contributed by atoms with E-state index in [1.165, 1.54) is 23.8 Å². The van der Waals surface area contributed by atoms with Crippen LogP contribution in [0.15, 0.2) is 85.1 Å². The van der Waals surface area contributed by atoms with Gasteiger partial charge in [0.2, 0.25) is 0 Å². The average molecular weight is 410 g/mol. The number of hydrogen-bond donors (Lipinski definition) is 1. The van der Waals surface area contributed by atoms with Gasteiger partial charge in [-0.3, -0.25) is 14.9 Å². The number of amides is 2. The van der Waals surface area contributed by atoms with Crippen LogP contribution < -0.4 is 5.32 Å². The van der Waals surface area contributed by atoms with Crippen LogP contribution in [0.1, 0.15) is 22.3 Å². The minimum absolute atomic E-state index is 0.289. The minimum atomic E-state index is -0.411. The van der Waals surface area contributed by atoms with E-state index in [4.69, 9.17) is 0 Å². The van der Waals surface area contributed by atoms with Crippen molar-refractivity contribution >= 4 is 28.3 Å². The summed E-state index contributed by atoms with van der Waals surface area (Å²) in [5.41, 5.74) is 5.08. The topological polar surface area (TPSA) is 51.1 Å². The van der Waals surface area contributed by atoms with Crippen molar-refractivity contribution < 1.29 is 14.0 Å². The van der Waals surface area contributed by atoms with Gasteiger partial charge in [0.05, 0.1) is 5.57 Å². The SMILES string of the molecule is O=C1C=C(c2cn(Cc3cccc(F)c3)c3ccc(Cc4ccccc4)cc23)C(=O)N1. The van der Waals surface area contributed by atoms with Crippen molar-refractivity contribution in [2.24, 2.45) is 0 Å². The standard InChI is InChI=1S/C26H19FN2O2/c27-20-8-4-7-19(12-20)15-29-16-23(22-14-25(30)28-26(22)31)21-13-18(9-10-24(21)29)11-17-5-2-1-3-6-17/h1-10,12-14,16H,11,15H2,(H,28,30,31). The van der Waals surface area contributed by atoms with Crippen LogP contribution in [0.4, 0.5) is 4.39 Å². The molecule has 152 valence electrons. The highest BCUT2D eigenvalue weighted by Crippen LogP contribution is 2.31. The lowest BCUT2D eigenvalue weighted by atomic mass is 10.00. The highest BCUT2D eigenvalue weighted by molar-refractivity contribution is 6.35. The summed E-state index contributed by atoms with van der Waals surface area (Å²) in [5.74, 6) is -1.10. The second kappa shape index (κ2) is 7.69. The van der Waals surface area contributed by atoms with Gasteiger partial charge in [0.15, 0.2) is 0 Å². The molecule has 0 unspecified atom stereocenters. The largest absolute Gasteiger partial charge is 0.342 e. The molecular weight excluding hydrogens is 391 g/mol. The van der Waals surface area contributed by atoms with E-state index in [0.717, 1.165) is 28.5 Å². The molecule has 0 radical (unpaired) electrons. The number of benzene rings is 3. The molecule has 0 aliphatic carbocycles. The highest BCUT2D eigenvalue weighted by atomic mass is 19.1. The summed E-state index contributed by atoms with van der Waals surface area (Å²) in [6, 6.07) is 22.8. The van der Waals surface area contributed by atoms with E-state index in [0.29, 0.717) is 17.7 Å². The monoisotopic (exact) mass is 410 g/mol. The molecule has 2 amide bonds. The zero-order valence-electron chi connectivity index (χ0n) is 16.6. The zero-order chi connectivity index (χ0) is 21.4. The molecule has 31 heavy (non-hydrogen) atoms. The van der Waals surface area contributed by atoms with Crippen LogP contribution in [0.25, 0.3) is 16.5 Å². The molecular formula is C26H19FN2O2. The van der Waals surface area contributed by atoms with Gasteiger partial charge in [-0.15, -0.1) is 0 Å². The molecule has 4 nitrogen and oxygen atoms in total. The Morgan fingerprint density at radius 3 is 2.39 bits per heavy atom. The van der Waals surface area contributed by atoms with Crippen molar-refractivity contribution in [3.63, 3.8) is 0 Å². The molecule has 4 aromatic rings. The number of halogens is 1. The van der Waals surface area contributed by atoms with Crippen LogP contribution in [0, 0.1) is 5.82 Å². The number of carbonyl (C=O) groups is 2. The minimum Gasteiger partial charge on any atom is -0.342 e. The summed E-state index contributed by atoms with van der Waals surface area (Å²) in [6.45, 7) is 0.454. The van der Waals surface area contributed by atoms with Crippen molar-refractivity contribution in [3.05, 3.63) is 113 Å². The summed E-state index contributed by atoms with van der Waals surface area (Å²) in [4.78, 5) is 24.1. The molecule has 0 spiro atoms. The van der Waals surface area contributed by atoms with Crippen LogP contribution in [0.5, 0.6) is 0 Å². The first-order valence-electron chi connectivity index (χ1n) is 10.0. The lowest BCUT2D eigenvalue weighted by Gasteiger charge is -2.07. The van der Waals surface area contributed by atoms with Gasteiger partial charge >= 0.3 is 0 Å². The number of fused-ring (bicyclic) bond motifs is 1. The van der Waals surface area contributed by atoms with Gasteiger partial charge < -0.3 is 4.57 Å². The Kier molecular flexibility index (Phi) is 4.71. The fraction of sp³-hybridized carbons (Fsp3) is 0.0769. The third-order valence-corrected chi connectivity index (χ3v) is 5.49. The van der Waals surface area contributed by atoms with E-state index in [1.807, 2.05) is 41.1 Å². The second-order valence-electron chi connectivity index (χ2n) is 7.69. The number of hydrogen-bond acceptors (Lipinski definition) is 2. The van der Waals surface area contributed by atoms with Crippen LogP contribution in [0.2, 0.25) is 0 Å². The Morgan fingerprint density at radius 2 is 1.65 bits per heavy atom. The molecule has 0 atom stereocenters. The summed E-state index contributed by atoms with van der Waals surface area (Å²) < 4.78 is 15.7. The van der Waals surface area contributed by atoms with Gasteiger partial charge in [-0.05, 0) is 47.4 Å². The first-order valence-corrected chi connectivity index (χ1v) is 10.0. The van der Waals surface area contributed by atoms with E-state index in [9.17, 15) is 14.0 Å². The van der Waals surface area contributed by atoms with Crippen LogP contribution in [-0.2, 0) is 22.6 Å². The van der Waals surface area contributed by atoms with Crippen molar-refractivity contribution in [2.45, 2.75) is 13.0 Å². The molecule has 5 rings (SSSR count). The van der Waals surface area contributed by atoms with Crippen LogP contribution in [0.3, 0.4) is 0 Å². The van der Waals surface area contributed by atoms with Gasteiger partial charge in [0.1, 0.15) is 5.82 Å². The maximum absolute atomic E-state index is 13.7. The summed E-state index contributed by atoms with van der Waals surface area (Å²) in [7, 11) is 0. The molecule has 1 aliphatic rings. The molecule has 0 saturated carbocycles. The number of carbonyl (C=O) groups excluding carboxylic acids is 2. The Morgan fingerprint density at radius 1 is 0.839 bits per heavy atom. The Hall–Kier alpha value is -3.99. The third kappa shape index (κ3) is 3.78. The normalized spacial score (nSPS) is 13.5. The van der Waals surface area contributed by atoms with Crippen LogP contribution >= 0.6 is 0 Å². The van der Waals surface area contributed by atoms with Gasteiger partial charge in [-0.2, -0.15) is 0 Å². The maximum Gasteiger partial charge on any atom is 0.258 e. The van der Waals surface area contributed by atoms with Crippen LogP contribution in [-0.4, -0.2) is 16.4 Å². The van der Waals surface area contributed by atoms with Crippen molar-refractivity contribution in [2.75, 3.05) is 0 Å². The fourth-order valence-electron chi connectivity index (χ4n) is 4.08. The lowest BCUT2D eigenvalue weighted by Crippen LogP contribution is -2.21. The summed E-state index contributed by atoms with van der Waals surface area (Å²) in [6.07, 6.45) is 3.97. The highest BCUT2D eigenvalue weighted by Gasteiger charge is 2.25. The van der Waals surface area contributed by atoms with Gasteiger partial charge in [-0.1, -0.05) is 48.5 Å². The number of nitrogens with zero attached hydrogens (tertiary/aromatic N) is 1. The molecule has 0 bridgehead atoms. The molecule has 1 aliphatic heterocycles. The molecule has 2 heterocycles. The quantitative estimate of drug-likeness (QED) is 0.494. The molecule has 0 fully saturated rings. The summed E-state index contributed by atoms with van der Waals surface area (Å²) in [5, 5.41) is 3.21. The molecule has 1 N–H and O–H groups in total. The predicted molar refractivity (Wildman–Crippen MR) is 118 cm³/mol. The van der Waals surface area contributed by atoms with E-state index >= 15 is 0 Å². The molecule has 5 heteroatoms. The fourth-order valence-corrected chi connectivity index (χ4v) is 4.08. The zero-order valence-corrected chi connectivity index (χ0v) is 16.6. The molecule has 0 saturated heterocycles. The molecule has 1 aromatic heterocycles. The summed E-state index contributed by atoms with van der Waals surface area (Å²) >= 11 is 0. The van der Waals surface area contributed by atoms with E-state index < -0.39 is 11.8 Å². The van der Waals surface area contributed by atoms with Crippen molar-refractivity contribution in [3.8, 4) is 0 Å². The second-order valence-corrected chi connectivity index (χ2v) is 7.69. The number of rotatable bonds is 5. The van der Waals surface area contributed by atoms with Crippen molar-refractivity contribution in [1.82, 2.24) is 9.88 Å². The average Bonchev–Trinajstić information content (AvgIpc) is 3.27.